The molecule has 2 bridgehead atoms. The summed E-state index contributed by atoms with van der Waals surface area (Å²) in [5.74, 6) is -0.248. The molecule has 2 aromatic heterocycles. The Morgan fingerprint density at radius 1 is 1.29 bits per heavy atom. The van der Waals surface area contributed by atoms with E-state index >= 15 is 4.39 Å². The molecule has 4 heterocycles. The first-order valence-corrected chi connectivity index (χ1v) is 12.1. The van der Waals surface area contributed by atoms with Crippen molar-refractivity contribution in [1.82, 2.24) is 15.0 Å². The Bertz CT molecular complexity index is 1450. The number of benzene rings is 1. The Labute approximate surface area is 194 Å². The van der Waals surface area contributed by atoms with E-state index < -0.39 is 37.9 Å². The summed E-state index contributed by atoms with van der Waals surface area (Å²) >= 11 is 0. The number of hydrogen-bond donors (Lipinski definition) is 2. The van der Waals surface area contributed by atoms with Crippen LogP contribution in [0.5, 0.6) is 5.88 Å². The highest BCUT2D eigenvalue weighted by molar-refractivity contribution is 7.94. The molecule has 2 aliphatic rings. The molecule has 5 rings (SSSR count). The second-order valence-corrected chi connectivity index (χ2v) is 11.0. The average molecular weight is 489 g/mol. The molecule has 2 aliphatic heterocycles. The summed E-state index contributed by atoms with van der Waals surface area (Å²) in [6, 6.07) is 5.85. The number of fused-ring (bicyclic) bond motifs is 3. The molecule has 1 aromatic carbocycles. The van der Waals surface area contributed by atoms with Crippen LogP contribution in [0.2, 0.25) is 0 Å². The number of nitrogens with zero attached hydrogens (tertiary/aromatic N) is 4. The second-order valence-electron chi connectivity index (χ2n) is 8.60. The number of aliphatic imine (C=N–C) groups is 1. The molecule has 34 heavy (non-hydrogen) atoms. The van der Waals surface area contributed by atoms with Gasteiger partial charge in [-0.15, -0.1) is 0 Å². The Balaban J connectivity index is 1.59. The number of ether oxygens (including phenoxy) is 1. The maximum atomic E-state index is 15.1. The van der Waals surface area contributed by atoms with Crippen LogP contribution in [-0.2, 0) is 15.4 Å². The fourth-order valence-electron chi connectivity index (χ4n) is 4.91. The molecule has 3 aromatic rings. The number of anilines is 2. The van der Waals surface area contributed by atoms with Crippen LogP contribution >= 0.6 is 0 Å². The lowest BCUT2D eigenvalue weighted by Crippen LogP contribution is -2.58. The van der Waals surface area contributed by atoms with E-state index in [9.17, 15) is 12.8 Å². The lowest BCUT2D eigenvalue weighted by atomic mass is 9.86. The van der Waals surface area contributed by atoms with E-state index in [0.29, 0.717) is 28.4 Å². The number of nitrogens with two attached hydrogens (primary N) is 1. The SMILES string of the molecule is COc1cnc2c(Nc3ccc(F)c([C@@]4(C)N=C(N)[C@]5(CF)CCC4S5(=O)=O)c3)nccc2n1. The van der Waals surface area contributed by atoms with Crippen molar-refractivity contribution in [2.45, 2.75) is 35.3 Å². The van der Waals surface area contributed by atoms with E-state index in [1.54, 1.807) is 6.07 Å². The smallest absolute Gasteiger partial charge is 0.232 e. The zero-order chi connectivity index (χ0) is 24.3. The molecular weight excluding hydrogens is 466 g/mol. The van der Waals surface area contributed by atoms with Gasteiger partial charge < -0.3 is 15.8 Å². The summed E-state index contributed by atoms with van der Waals surface area (Å²) in [5, 5.41) is 2.00. The maximum Gasteiger partial charge on any atom is 0.232 e. The van der Waals surface area contributed by atoms with Crippen molar-refractivity contribution in [2.75, 3.05) is 19.1 Å². The third-order valence-corrected chi connectivity index (χ3v) is 9.87. The van der Waals surface area contributed by atoms with Crippen molar-refractivity contribution >= 4 is 38.2 Å². The lowest BCUT2D eigenvalue weighted by molar-refractivity contribution is 0.397. The van der Waals surface area contributed by atoms with Crippen molar-refractivity contribution in [3.8, 4) is 5.88 Å². The van der Waals surface area contributed by atoms with E-state index in [1.807, 2.05) is 0 Å². The van der Waals surface area contributed by atoms with Crippen LogP contribution in [0.1, 0.15) is 25.3 Å². The van der Waals surface area contributed by atoms with Gasteiger partial charge in [-0.05, 0) is 44.0 Å². The number of pyridine rings is 1. The average Bonchev–Trinajstić information content (AvgIpc) is 3.03. The summed E-state index contributed by atoms with van der Waals surface area (Å²) in [5.41, 5.74) is 5.96. The summed E-state index contributed by atoms with van der Waals surface area (Å²) < 4.78 is 58.7. The van der Waals surface area contributed by atoms with Crippen LogP contribution in [0, 0.1) is 5.82 Å². The number of rotatable bonds is 5. The number of aromatic nitrogens is 3. The number of amidine groups is 1. The Morgan fingerprint density at radius 3 is 2.82 bits per heavy atom. The molecule has 1 fully saturated rings. The number of hydrogen-bond acceptors (Lipinski definition) is 9. The summed E-state index contributed by atoms with van der Waals surface area (Å²) in [6.07, 6.45) is 3.14. The highest BCUT2D eigenvalue weighted by Crippen LogP contribution is 2.52. The van der Waals surface area contributed by atoms with Crippen molar-refractivity contribution in [2.24, 2.45) is 10.7 Å². The first-order chi connectivity index (χ1) is 16.2. The molecule has 0 amide bonds. The van der Waals surface area contributed by atoms with E-state index in [0.717, 1.165) is 0 Å². The Morgan fingerprint density at radius 2 is 2.09 bits per heavy atom. The van der Waals surface area contributed by atoms with Gasteiger partial charge in [0.15, 0.2) is 20.4 Å². The van der Waals surface area contributed by atoms with Gasteiger partial charge in [-0.1, -0.05) is 0 Å². The molecule has 0 spiro atoms. The van der Waals surface area contributed by atoms with Gasteiger partial charge in [0.1, 0.15) is 29.4 Å². The topological polar surface area (TPSA) is 132 Å². The summed E-state index contributed by atoms with van der Waals surface area (Å²) in [4.78, 5) is 17.3. The van der Waals surface area contributed by atoms with Gasteiger partial charge in [-0.25, -0.2) is 32.2 Å². The second kappa shape index (κ2) is 7.55. The zero-order valence-corrected chi connectivity index (χ0v) is 19.2. The van der Waals surface area contributed by atoms with E-state index in [-0.39, 0.29) is 24.2 Å². The standard InChI is InChI=1S/C22H22F2N6O3S/c1-21(16-5-7-22(11-23,20(25)30-21)34(16,31)32)13-9-12(3-4-14(13)24)28-19-18-15(6-8-26-19)29-17(33-2)10-27-18/h3-4,6,8-10,16H,5,7,11H2,1-2H3,(H2,25,30)(H,26,28)/t16?,21-,22-/m1/s1. The van der Waals surface area contributed by atoms with Gasteiger partial charge in [0.25, 0.3) is 0 Å². The number of methoxy groups -OCH3 is 1. The molecule has 1 saturated heterocycles. The molecule has 3 N–H and O–H groups in total. The molecule has 9 nitrogen and oxygen atoms in total. The first kappa shape index (κ1) is 22.4. The minimum Gasteiger partial charge on any atom is -0.480 e. The third kappa shape index (κ3) is 2.97. The number of sulfone groups is 1. The van der Waals surface area contributed by atoms with Crippen LogP contribution in [0.25, 0.3) is 11.0 Å². The van der Waals surface area contributed by atoms with E-state index in [1.165, 1.54) is 44.6 Å². The Kier molecular flexibility index (Phi) is 4.97. The minimum absolute atomic E-state index is 0.0169. The molecule has 1 unspecified atom stereocenters. The van der Waals surface area contributed by atoms with Gasteiger partial charge in [0.2, 0.25) is 5.88 Å². The number of alkyl halides is 1. The van der Waals surface area contributed by atoms with Crippen molar-refractivity contribution in [3.05, 3.63) is 48.0 Å². The monoisotopic (exact) mass is 488 g/mol. The first-order valence-electron chi connectivity index (χ1n) is 10.5. The number of nitrogens with one attached hydrogen (secondary N) is 1. The molecule has 12 heteroatoms. The zero-order valence-electron chi connectivity index (χ0n) is 18.4. The molecule has 0 radical (unpaired) electrons. The quantitative estimate of drug-likeness (QED) is 0.560. The lowest BCUT2D eigenvalue weighted by Gasteiger charge is -2.39. The van der Waals surface area contributed by atoms with Crippen LogP contribution in [0.3, 0.4) is 0 Å². The van der Waals surface area contributed by atoms with E-state index in [2.05, 4.69) is 25.3 Å². The maximum absolute atomic E-state index is 15.1. The Hall–Kier alpha value is -3.41. The molecule has 0 aliphatic carbocycles. The number of halogens is 2. The van der Waals surface area contributed by atoms with Crippen LogP contribution < -0.4 is 15.8 Å². The van der Waals surface area contributed by atoms with Gasteiger partial charge in [-0.2, -0.15) is 0 Å². The highest BCUT2D eigenvalue weighted by Gasteiger charge is 2.65. The summed E-state index contributed by atoms with van der Waals surface area (Å²) in [6.45, 7) is 0.367. The molecule has 178 valence electrons. The van der Waals surface area contributed by atoms with Gasteiger partial charge >= 0.3 is 0 Å². The largest absolute Gasteiger partial charge is 0.480 e. The van der Waals surface area contributed by atoms with Crippen LogP contribution in [-0.4, -0.2) is 53.0 Å². The fourth-order valence-corrected chi connectivity index (χ4v) is 7.55. The van der Waals surface area contributed by atoms with Gasteiger partial charge in [0, 0.05) is 17.4 Å². The fraction of sp³-hybridized carbons (Fsp3) is 0.364. The van der Waals surface area contributed by atoms with Gasteiger partial charge in [0.05, 0.1) is 24.1 Å². The van der Waals surface area contributed by atoms with Crippen LogP contribution in [0.15, 0.2) is 41.7 Å². The minimum atomic E-state index is -4.03. The predicted molar refractivity (Wildman–Crippen MR) is 123 cm³/mol. The van der Waals surface area contributed by atoms with E-state index in [4.69, 9.17) is 10.5 Å². The molecule has 0 saturated carbocycles. The molecular formula is C22H22F2N6O3S. The molecule has 3 atom stereocenters. The van der Waals surface area contributed by atoms with Crippen molar-refractivity contribution < 1.29 is 21.9 Å². The summed E-state index contributed by atoms with van der Waals surface area (Å²) in [7, 11) is -2.54. The highest BCUT2D eigenvalue weighted by atomic mass is 32.2. The normalized spacial score (nSPS) is 27.4. The van der Waals surface area contributed by atoms with Crippen molar-refractivity contribution in [3.63, 3.8) is 0 Å². The predicted octanol–water partition coefficient (Wildman–Crippen LogP) is 2.79. The van der Waals surface area contributed by atoms with Crippen LogP contribution in [0.4, 0.5) is 20.3 Å². The van der Waals surface area contributed by atoms with Crippen molar-refractivity contribution in [1.29, 1.82) is 0 Å². The van der Waals surface area contributed by atoms with Gasteiger partial charge in [-0.3, -0.25) is 4.99 Å². The third-order valence-electron chi connectivity index (χ3n) is 6.81.